The second-order valence-electron chi connectivity index (χ2n) is 3.68. The molecule has 7 heteroatoms. The zero-order valence-corrected chi connectivity index (χ0v) is 9.94. The van der Waals surface area contributed by atoms with Crippen LogP contribution in [0.2, 0.25) is 0 Å². The molecule has 0 saturated carbocycles. The molecule has 3 nitrogen and oxygen atoms in total. The molecule has 0 spiro atoms. The Kier molecular flexibility index (Phi) is 4.53. The van der Waals surface area contributed by atoms with Crippen molar-refractivity contribution < 1.29 is 23.1 Å². The largest absolute Gasteiger partial charge is 0.477 e. The van der Waals surface area contributed by atoms with Crippen molar-refractivity contribution in [3.05, 3.63) is 21.9 Å². The summed E-state index contributed by atoms with van der Waals surface area (Å²) in [7, 11) is 1.54. The maximum absolute atomic E-state index is 12.0. The molecule has 0 saturated heterocycles. The van der Waals surface area contributed by atoms with Crippen LogP contribution < -0.4 is 0 Å². The van der Waals surface area contributed by atoms with Gasteiger partial charge in [0.15, 0.2) is 0 Å². The van der Waals surface area contributed by atoms with Gasteiger partial charge in [-0.15, -0.1) is 11.3 Å². The molecule has 96 valence electrons. The van der Waals surface area contributed by atoms with Gasteiger partial charge in [-0.3, -0.25) is 0 Å². The maximum Gasteiger partial charge on any atom is 0.390 e. The van der Waals surface area contributed by atoms with Crippen LogP contribution in [0, 0.1) is 0 Å². The van der Waals surface area contributed by atoms with Crippen LogP contribution in [-0.4, -0.2) is 35.7 Å². The van der Waals surface area contributed by atoms with E-state index in [-0.39, 0.29) is 18.0 Å². The van der Waals surface area contributed by atoms with Gasteiger partial charge in [0.2, 0.25) is 0 Å². The normalized spacial score (nSPS) is 12.1. The van der Waals surface area contributed by atoms with Crippen LogP contribution in [0.15, 0.2) is 11.4 Å². The zero-order valence-electron chi connectivity index (χ0n) is 9.12. The van der Waals surface area contributed by atoms with Crippen LogP contribution in [0.4, 0.5) is 13.2 Å². The van der Waals surface area contributed by atoms with Crippen molar-refractivity contribution in [3.63, 3.8) is 0 Å². The Morgan fingerprint density at radius 1 is 1.53 bits per heavy atom. The number of hydrogen-bond acceptors (Lipinski definition) is 3. The van der Waals surface area contributed by atoms with E-state index in [4.69, 9.17) is 5.11 Å². The fraction of sp³-hybridized carbons (Fsp3) is 0.500. The lowest BCUT2D eigenvalue weighted by molar-refractivity contribution is -0.137. The molecule has 0 aliphatic carbocycles. The summed E-state index contributed by atoms with van der Waals surface area (Å²) in [6.45, 7) is 0.0691. The van der Waals surface area contributed by atoms with Crippen molar-refractivity contribution >= 4 is 17.3 Å². The number of nitrogens with zero attached hydrogens (tertiary/aromatic N) is 1. The lowest BCUT2D eigenvalue weighted by Gasteiger charge is -2.17. The van der Waals surface area contributed by atoms with Gasteiger partial charge in [0.1, 0.15) is 4.88 Å². The first-order valence-electron chi connectivity index (χ1n) is 4.84. The van der Waals surface area contributed by atoms with E-state index in [9.17, 15) is 18.0 Å². The highest BCUT2D eigenvalue weighted by Crippen LogP contribution is 2.21. The quantitative estimate of drug-likeness (QED) is 0.891. The summed E-state index contributed by atoms with van der Waals surface area (Å²) in [5.41, 5.74) is 0.548. The van der Waals surface area contributed by atoms with Gasteiger partial charge in [0.25, 0.3) is 0 Å². The molecule has 1 aromatic heterocycles. The van der Waals surface area contributed by atoms with E-state index < -0.39 is 18.6 Å². The number of alkyl halides is 3. The van der Waals surface area contributed by atoms with Gasteiger partial charge in [-0.25, -0.2) is 4.79 Å². The molecule has 0 unspecified atom stereocenters. The summed E-state index contributed by atoms with van der Waals surface area (Å²) in [5, 5.41) is 10.5. The maximum atomic E-state index is 12.0. The first kappa shape index (κ1) is 14.0. The monoisotopic (exact) mass is 267 g/mol. The van der Waals surface area contributed by atoms with Crippen molar-refractivity contribution in [3.8, 4) is 0 Å². The molecule has 0 bridgehead atoms. The Balaban J connectivity index is 2.53. The SMILES string of the molecule is CN(CCC(F)(F)F)Cc1ccsc1C(=O)O. The fourth-order valence-corrected chi connectivity index (χ4v) is 2.09. The van der Waals surface area contributed by atoms with Crippen LogP contribution in [0.1, 0.15) is 21.7 Å². The number of hydrogen-bond donors (Lipinski definition) is 1. The Labute approximate surface area is 100 Å². The van der Waals surface area contributed by atoms with Crippen molar-refractivity contribution in [2.75, 3.05) is 13.6 Å². The molecule has 1 N–H and O–H groups in total. The highest BCUT2D eigenvalue weighted by molar-refractivity contribution is 7.12. The summed E-state index contributed by atoms with van der Waals surface area (Å²) < 4.78 is 36.0. The molecule has 0 amide bonds. The van der Waals surface area contributed by atoms with Gasteiger partial charge in [-0.2, -0.15) is 13.2 Å². The Hall–Kier alpha value is -1.08. The molecule has 0 aromatic carbocycles. The fourth-order valence-electron chi connectivity index (χ4n) is 1.34. The molecular formula is C10H12F3NO2S. The number of carboxylic acids is 1. The van der Waals surface area contributed by atoms with E-state index in [0.29, 0.717) is 5.56 Å². The minimum atomic E-state index is -4.18. The zero-order chi connectivity index (χ0) is 13.1. The molecule has 0 aliphatic rings. The van der Waals surface area contributed by atoms with Gasteiger partial charge < -0.3 is 10.0 Å². The molecule has 0 atom stereocenters. The predicted octanol–water partition coefficient (Wildman–Crippen LogP) is 2.83. The second kappa shape index (κ2) is 5.50. The predicted molar refractivity (Wildman–Crippen MR) is 58.3 cm³/mol. The number of carboxylic acid groups (broad SMARTS) is 1. The average Bonchev–Trinajstić information content (AvgIpc) is 2.62. The number of thiophene rings is 1. The second-order valence-corrected chi connectivity index (χ2v) is 4.60. The molecule has 0 radical (unpaired) electrons. The number of carbonyl (C=O) groups is 1. The summed E-state index contributed by atoms with van der Waals surface area (Å²) >= 11 is 1.07. The van der Waals surface area contributed by atoms with E-state index in [1.807, 2.05) is 0 Å². The standard InChI is InChI=1S/C10H12F3NO2S/c1-14(4-3-10(11,12)13)6-7-2-5-17-8(7)9(15)16/h2,5H,3-4,6H2,1H3,(H,15,16). The molecule has 0 fully saturated rings. The summed E-state index contributed by atoms with van der Waals surface area (Å²) in [5.74, 6) is -1.04. The lowest BCUT2D eigenvalue weighted by Crippen LogP contribution is -2.24. The topological polar surface area (TPSA) is 40.5 Å². The smallest absolute Gasteiger partial charge is 0.390 e. The van der Waals surface area contributed by atoms with Crippen LogP contribution in [0.3, 0.4) is 0 Å². The molecular weight excluding hydrogens is 255 g/mol. The van der Waals surface area contributed by atoms with E-state index >= 15 is 0 Å². The lowest BCUT2D eigenvalue weighted by atomic mass is 10.2. The van der Waals surface area contributed by atoms with Gasteiger partial charge in [0.05, 0.1) is 6.42 Å². The summed E-state index contributed by atoms with van der Waals surface area (Å²) in [6.07, 6.45) is -5.07. The first-order chi connectivity index (χ1) is 7.79. The van der Waals surface area contributed by atoms with Gasteiger partial charge >= 0.3 is 12.1 Å². The van der Waals surface area contributed by atoms with E-state index in [2.05, 4.69) is 0 Å². The number of halogens is 3. The highest BCUT2D eigenvalue weighted by atomic mass is 32.1. The van der Waals surface area contributed by atoms with Gasteiger partial charge in [-0.1, -0.05) is 0 Å². The van der Waals surface area contributed by atoms with E-state index in [1.54, 1.807) is 11.4 Å². The van der Waals surface area contributed by atoms with Crippen molar-refractivity contribution in [2.45, 2.75) is 19.1 Å². The van der Waals surface area contributed by atoms with Crippen LogP contribution >= 0.6 is 11.3 Å². The third-order valence-corrected chi connectivity index (χ3v) is 3.10. The van der Waals surface area contributed by atoms with Crippen LogP contribution in [0.5, 0.6) is 0 Å². The third-order valence-electron chi connectivity index (χ3n) is 2.16. The Morgan fingerprint density at radius 3 is 2.71 bits per heavy atom. The minimum Gasteiger partial charge on any atom is -0.477 e. The van der Waals surface area contributed by atoms with Crippen molar-refractivity contribution in [2.24, 2.45) is 0 Å². The molecule has 1 aromatic rings. The van der Waals surface area contributed by atoms with E-state index in [0.717, 1.165) is 11.3 Å². The van der Waals surface area contributed by atoms with Crippen molar-refractivity contribution in [1.82, 2.24) is 4.90 Å². The van der Waals surface area contributed by atoms with Gasteiger partial charge in [0, 0.05) is 13.1 Å². The Morgan fingerprint density at radius 2 is 2.18 bits per heavy atom. The van der Waals surface area contributed by atoms with E-state index in [1.165, 1.54) is 11.9 Å². The molecule has 0 aliphatic heterocycles. The minimum absolute atomic E-state index is 0.140. The molecule has 17 heavy (non-hydrogen) atoms. The van der Waals surface area contributed by atoms with Gasteiger partial charge in [-0.05, 0) is 24.1 Å². The Bertz CT molecular complexity index is 389. The van der Waals surface area contributed by atoms with Crippen LogP contribution in [0.25, 0.3) is 0 Å². The highest BCUT2D eigenvalue weighted by Gasteiger charge is 2.27. The third kappa shape index (κ3) is 4.74. The van der Waals surface area contributed by atoms with Crippen molar-refractivity contribution in [1.29, 1.82) is 0 Å². The summed E-state index contributed by atoms with van der Waals surface area (Å²) in [4.78, 5) is 12.4. The molecule has 1 heterocycles. The summed E-state index contributed by atoms with van der Waals surface area (Å²) in [6, 6.07) is 1.62. The average molecular weight is 267 g/mol. The number of rotatable bonds is 5. The first-order valence-corrected chi connectivity index (χ1v) is 5.72. The molecule has 1 rings (SSSR count). The van der Waals surface area contributed by atoms with Crippen LogP contribution in [-0.2, 0) is 6.54 Å². The number of aromatic carboxylic acids is 1.